The van der Waals surface area contributed by atoms with Gasteiger partial charge >= 0.3 is 0 Å². The first kappa shape index (κ1) is 11.6. The van der Waals surface area contributed by atoms with Crippen LogP contribution >= 0.6 is 11.8 Å². The minimum Gasteiger partial charge on any atom is -0.409 e. The SMILES string of the molecule is NC(=NO)C(NC(=O)C1CCSC1)C1CC1. The average molecular weight is 243 g/mol. The van der Waals surface area contributed by atoms with Crippen LogP contribution in [0.3, 0.4) is 0 Å². The Labute approximate surface area is 98.8 Å². The van der Waals surface area contributed by atoms with E-state index in [0.717, 1.165) is 30.8 Å². The van der Waals surface area contributed by atoms with E-state index in [2.05, 4.69) is 10.5 Å². The van der Waals surface area contributed by atoms with Gasteiger partial charge in [-0.3, -0.25) is 4.79 Å². The zero-order valence-corrected chi connectivity index (χ0v) is 9.87. The van der Waals surface area contributed by atoms with Crippen molar-refractivity contribution in [1.29, 1.82) is 0 Å². The molecule has 6 heteroatoms. The molecule has 0 aromatic carbocycles. The van der Waals surface area contributed by atoms with Crippen LogP contribution in [0.1, 0.15) is 19.3 Å². The summed E-state index contributed by atoms with van der Waals surface area (Å²) >= 11 is 1.80. The smallest absolute Gasteiger partial charge is 0.224 e. The minimum atomic E-state index is -0.275. The highest BCUT2D eigenvalue weighted by molar-refractivity contribution is 7.99. The molecule has 2 unspecified atom stereocenters. The van der Waals surface area contributed by atoms with Crippen LogP contribution in [0.2, 0.25) is 0 Å². The van der Waals surface area contributed by atoms with Crippen LogP contribution in [-0.4, -0.2) is 34.5 Å². The van der Waals surface area contributed by atoms with Crippen molar-refractivity contribution in [1.82, 2.24) is 5.32 Å². The second-order valence-electron chi connectivity index (χ2n) is 4.41. The number of nitrogens with two attached hydrogens (primary N) is 1. The van der Waals surface area contributed by atoms with Gasteiger partial charge in [-0.25, -0.2) is 0 Å². The Balaban J connectivity index is 1.92. The van der Waals surface area contributed by atoms with Gasteiger partial charge in [0.25, 0.3) is 0 Å². The Bertz CT molecular complexity index is 298. The normalized spacial score (nSPS) is 27.8. The fraction of sp³-hybridized carbons (Fsp3) is 0.800. The second-order valence-corrected chi connectivity index (χ2v) is 5.56. The lowest BCUT2D eigenvalue weighted by molar-refractivity contribution is -0.124. The third-order valence-corrected chi connectivity index (χ3v) is 4.29. The molecular weight excluding hydrogens is 226 g/mol. The second kappa shape index (κ2) is 4.95. The van der Waals surface area contributed by atoms with Crippen LogP contribution in [0.25, 0.3) is 0 Å². The number of hydrogen-bond acceptors (Lipinski definition) is 4. The molecule has 1 saturated carbocycles. The molecule has 0 radical (unpaired) electrons. The predicted molar refractivity (Wildman–Crippen MR) is 63.5 cm³/mol. The standard InChI is InChI=1S/C10H17N3O2S/c11-9(13-15)8(6-1-2-6)12-10(14)7-3-4-16-5-7/h6-8,15H,1-5H2,(H2,11,13)(H,12,14). The first-order valence-electron chi connectivity index (χ1n) is 5.58. The number of oxime groups is 1. The molecule has 16 heavy (non-hydrogen) atoms. The van der Waals surface area contributed by atoms with Gasteiger partial charge in [0.15, 0.2) is 5.84 Å². The van der Waals surface area contributed by atoms with Crippen LogP contribution in [0, 0.1) is 11.8 Å². The van der Waals surface area contributed by atoms with Gasteiger partial charge in [0, 0.05) is 11.7 Å². The minimum absolute atomic E-state index is 0.0495. The lowest BCUT2D eigenvalue weighted by Crippen LogP contribution is -2.48. The van der Waals surface area contributed by atoms with E-state index in [-0.39, 0.29) is 23.7 Å². The van der Waals surface area contributed by atoms with Crippen LogP contribution in [0.4, 0.5) is 0 Å². The first-order valence-corrected chi connectivity index (χ1v) is 6.73. The molecule has 2 aliphatic rings. The summed E-state index contributed by atoms with van der Waals surface area (Å²) in [6.45, 7) is 0. The summed E-state index contributed by atoms with van der Waals surface area (Å²) in [6.07, 6.45) is 3.02. The highest BCUT2D eigenvalue weighted by Crippen LogP contribution is 2.33. The van der Waals surface area contributed by atoms with Crippen LogP contribution in [0.15, 0.2) is 5.16 Å². The quantitative estimate of drug-likeness (QED) is 0.288. The topological polar surface area (TPSA) is 87.7 Å². The van der Waals surface area contributed by atoms with E-state index in [1.807, 2.05) is 0 Å². The number of nitrogens with zero attached hydrogens (tertiary/aromatic N) is 1. The van der Waals surface area contributed by atoms with Gasteiger partial charge in [-0.2, -0.15) is 11.8 Å². The number of rotatable bonds is 4. The molecule has 4 N–H and O–H groups in total. The Morgan fingerprint density at radius 2 is 2.25 bits per heavy atom. The van der Waals surface area contributed by atoms with E-state index in [9.17, 15) is 4.79 Å². The van der Waals surface area contributed by atoms with Crippen molar-refractivity contribution in [3.8, 4) is 0 Å². The van der Waals surface area contributed by atoms with Gasteiger partial charge in [0.2, 0.25) is 5.91 Å². The average Bonchev–Trinajstić information content (AvgIpc) is 2.98. The van der Waals surface area contributed by atoms with Gasteiger partial charge in [-0.1, -0.05) is 5.16 Å². The highest BCUT2D eigenvalue weighted by Gasteiger charge is 2.36. The maximum Gasteiger partial charge on any atom is 0.224 e. The third kappa shape index (κ3) is 2.61. The molecule has 2 atom stereocenters. The molecule has 1 aliphatic heterocycles. The molecule has 1 amide bonds. The molecule has 90 valence electrons. The molecule has 1 saturated heterocycles. The summed E-state index contributed by atoms with van der Waals surface area (Å²) in [6, 6.07) is -0.275. The first-order chi connectivity index (χ1) is 7.72. The lowest BCUT2D eigenvalue weighted by atomic mass is 10.1. The summed E-state index contributed by atoms with van der Waals surface area (Å²) < 4.78 is 0. The number of amides is 1. The molecule has 1 aliphatic carbocycles. The Morgan fingerprint density at radius 1 is 1.50 bits per heavy atom. The van der Waals surface area contributed by atoms with Gasteiger partial charge in [-0.05, 0) is 30.9 Å². The van der Waals surface area contributed by atoms with E-state index in [1.54, 1.807) is 11.8 Å². The van der Waals surface area contributed by atoms with E-state index < -0.39 is 0 Å². The number of carbonyl (C=O) groups is 1. The molecular formula is C10H17N3O2S. The van der Waals surface area contributed by atoms with Crippen molar-refractivity contribution in [3.05, 3.63) is 0 Å². The van der Waals surface area contributed by atoms with Gasteiger partial charge in [0.1, 0.15) is 0 Å². The Kier molecular flexibility index (Phi) is 3.58. The lowest BCUT2D eigenvalue weighted by Gasteiger charge is -2.18. The Hall–Kier alpha value is -0.910. The molecule has 0 spiro atoms. The summed E-state index contributed by atoms with van der Waals surface area (Å²) in [5.74, 6) is 2.57. The summed E-state index contributed by atoms with van der Waals surface area (Å²) in [4.78, 5) is 11.9. The van der Waals surface area contributed by atoms with Gasteiger partial charge in [-0.15, -0.1) is 0 Å². The zero-order chi connectivity index (χ0) is 11.5. The van der Waals surface area contributed by atoms with E-state index in [0.29, 0.717) is 5.92 Å². The summed E-state index contributed by atoms with van der Waals surface area (Å²) in [5, 5.41) is 14.6. The van der Waals surface area contributed by atoms with Crippen molar-refractivity contribution in [2.75, 3.05) is 11.5 Å². The molecule has 2 rings (SSSR count). The van der Waals surface area contributed by atoms with E-state index in [1.165, 1.54) is 0 Å². The number of thioether (sulfide) groups is 1. The molecule has 0 aromatic rings. The Morgan fingerprint density at radius 3 is 2.75 bits per heavy atom. The van der Waals surface area contributed by atoms with Crippen molar-refractivity contribution in [2.24, 2.45) is 22.7 Å². The van der Waals surface area contributed by atoms with Gasteiger partial charge < -0.3 is 16.3 Å². The summed E-state index contributed by atoms with van der Waals surface area (Å²) in [7, 11) is 0. The number of hydrogen-bond donors (Lipinski definition) is 3. The monoisotopic (exact) mass is 243 g/mol. The third-order valence-electron chi connectivity index (χ3n) is 3.13. The van der Waals surface area contributed by atoms with Crippen LogP contribution in [-0.2, 0) is 4.79 Å². The maximum atomic E-state index is 11.9. The van der Waals surface area contributed by atoms with Crippen molar-refractivity contribution < 1.29 is 10.0 Å². The van der Waals surface area contributed by atoms with E-state index >= 15 is 0 Å². The predicted octanol–water partition coefficient (Wildman–Crippen LogP) is 0.381. The number of carbonyl (C=O) groups excluding carboxylic acids is 1. The fourth-order valence-electron chi connectivity index (χ4n) is 1.94. The molecule has 0 aromatic heterocycles. The van der Waals surface area contributed by atoms with Crippen LogP contribution < -0.4 is 11.1 Å². The molecule has 1 heterocycles. The molecule has 2 fully saturated rings. The van der Waals surface area contributed by atoms with Crippen molar-refractivity contribution in [3.63, 3.8) is 0 Å². The van der Waals surface area contributed by atoms with E-state index in [4.69, 9.17) is 10.9 Å². The number of amidine groups is 1. The largest absolute Gasteiger partial charge is 0.409 e. The highest BCUT2D eigenvalue weighted by atomic mass is 32.2. The fourth-order valence-corrected chi connectivity index (χ4v) is 3.16. The molecule has 5 nitrogen and oxygen atoms in total. The maximum absolute atomic E-state index is 11.9. The van der Waals surface area contributed by atoms with Crippen molar-refractivity contribution >= 4 is 23.5 Å². The zero-order valence-electron chi connectivity index (χ0n) is 9.06. The number of nitrogens with one attached hydrogen (secondary N) is 1. The molecule has 0 bridgehead atoms. The summed E-state index contributed by atoms with van der Waals surface area (Å²) in [5.41, 5.74) is 5.59. The van der Waals surface area contributed by atoms with Crippen LogP contribution in [0.5, 0.6) is 0 Å². The van der Waals surface area contributed by atoms with Gasteiger partial charge in [0.05, 0.1) is 6.04 Å². The van der Waals surface area contributed by atoms with Crippen molar-refractivity contribution in [2.45, 2.75) is 25.3 Å².